The summed E-state index contributed by atoms with van der Waals surface area (Å²) < 4.78 is 7.86. The van der Waals surface area contributed by atoms with Crippen molar-refractivity contribution in [3.63, 3.8) is 0 Å². The minimum Gasteiger partial charge on any atom is -0.376 e. The molecule has 2 atom stereocenters. The lowest BCUT2D eigenvalue weighted by Crippen LogP contribution is -2.35. The van der Waals surface area contributed by atoms with Crippen molar-refractivity contribution in [1.29, 1.82) is 0 Å². The average molecular weight is 239 g/mol. The number of rotatable bonds is 8. The molecule has 17 heavy (non-hydrogen) atoms. The van der Waals surface area contributed by atoms with Crippen LogP contribution in [0.2, 0.25) is 0 Å². The number of hydrogen-bond donors (Lipinski definition) is 1. The van der Waals surface area contributed by atoms with Gasteiger partial charge in [-0.15, -0.1) is 0 Å². The largest absolute Gasteiger partial charge is 0.376 e. The van der Waals surface area contributed by atoms with E-state index < -0.39 is 0 Å². The van der Waals surface area contributed by atoms with Crippen LogP contribution in [-0.4, -0.2) is 29.0 Å². The second kappa shape index (κ2) is 7.45. The highest BCUT2D eigenvalue weighted by molar-refractivity contribution is 5.09. The number of hydrogen-bond acceptors (Lipinski definition) is 3. The minimum atomic E-state index is 0.210. The van der Waals surface area contributed by atoms with E-state index in [1.807, 2.05) is 17.8 Å². The maximum Gasteiger partial charge on any atom is 0.0782 e. The SMILES string of the molecule is CCNC(c1ccnn1CC)C(CC)OCC. The summed E-state index contributed by atoms with van der Waals surface area (Å²) in [7, 11) is 0. The molecule has 4 heteroatoms. The first-order valence-corrected chi connectivity index (χ1v) is 6.65. The van der Waals surface area contributed by atoms with E-state index in [0.29, 0.717) is 0 Å². The van der Waals surface area contributed by atoms with Crippen molar-refractivity contribution in [3.05, 3.63) is 18.0 Å². The molecule has 1 rings (SSSR count). The van der Waals surface area contributed by atoms with Crippen molar-refractivity contribution in [2.45, 2.75) is 52.8 Å². The van der Waals surface area contributed by atoms with Gasteiger partial charge in [0, 0.05) is 19.3 Å². The lowest BCUT2D eigenvalue weighted by Gasteiger charge is -2.27. The summed E-state index contributed by atoms with van der Waals surface area (Å²) in [5.41, 5.74) is 1.22. The van der Waals surface area contributed by atoms with E-state index in [1.54, 1.807) is 0 Å². The lowest BCUT2D eigenvalue weighted by atomic mass is 10.0. The summed E-state index contributed by atoms with van der Waals surface area (Å²) in [6.45, 7) is 11.0. The van der Waals surface area contributed by atoms with Gasteiger partial charge < -0.3 is 10.1 Å². The zero-order valence-corrected chi connectivity index (χ0v) is 11.4. The van der Waals surface area contributed by atoms with E-state index >= 15 is 0 Å². The van der Waals surface area contributed by atoms with Gasteiger partial charge in [0.1, 0.15) is 0 Å². The van der Waals surface area contributed by atoms with Gasteiger partial charge in [-0.25, -0.2) is 0 Å². The molecule has 0 saturated carbocycles. The van der Waals surface area contributed by atoms with Gasteiger partial charge in [-0.3, -0.25) is 4.68 Å². The summed E-state index contributed by atoms with van der Waals surface area (Å²) in [4.78, 5) is 0. The molecule has 0 fully saturated rings. The molecular weight excluding hydrogens is 214 g/mol. The Morgan fingerprint density at radius 3 is 2.65 bits per heavy atom. The second-order valence-corrected chi connectivity index (χ2v) is 4.01. The number of aryl methyl sites for hydroxylation is 1. The molecule has 0 saturated heterocycles. The molecule has 1 aromatic heterocycles. The molecule has 1 N–H and O–H groups in total. The maximum atomic E-state index is 5.83. The molecule has 1 heterocycles. The van der Waals surface area contributed by atoms with Crippen LogP contribution in [0, 0.1) is 0 Å². The Morgan fingerprint density at radius 1 is 1.35 bits per heavy atom. The molecule has 0 amide bonds. The standard InChI is InChI=1S/C13H25N3O/c1-5-12(17-8-4)13(14-6-2)11-9-10-15-16(11)7-3/h9-10,12-14H,5-8H2,1-4H3. The second-order valence-electron chi connectivity index (χ2n) is 4.01. The maximum absolute atomic E-state index is 5.83. The quantitative estimate of drug-likeness (QED) is 0.757. The summed E-state index contributed by atoms with van der Waals surface area (Å²) >= 11 is 0. The van der Waals surface area contributed by atoms with E-state index in [9.17, 15) is 0 Å². The van der Waals surface area contributed by atoms with E-state index in [0.717, 1.165) is 26.1 Å². The zero-order chi connectivity index (χ0) is 12.7. The van der Waals surface area contributed by atoms with Crippen LogP contribution < -0.4 is 5.32 Å². The highest BCUT2D eigenvalue weighted by atomic mass is 16.5. The van der Waals surface area contributed by atoms with E-state index in [2.05, 4.69) is 37.3 Å². The fourth-order valence-electron chi connectivity index (χ4n) is 2.18. The number of nitrogens with zero attached hydrogens (tertiary/aromatic N) is 2. The van der Waals surface area contributed by atoms with Crippen molar-refractivity contribution in [1.82, 2.24) is 15.1 Å². The Morgan fingerprint density at radius 2 is 2.12 bits per heavy atom. The normalized spacial score (nSPS) is 14.8. The lowest BCUT2D eigenvalue weighted by molar-refractivity contribution is 0.0296. The monoisotopic (exact) mass is 239 g/mol. The summed E-state index contributed by atoms with van der Waals surface area (Å²) in [5.74, 6) is 0. The van der Waals surface area contributed by atoms with Gasteiger partial charge in [-0.05, 0) is 32.9 Å². The van der Waals surface area contributed by atoms with Gasteiger partial charge in [0.05, 0.1) is 17.8 Å². The van der Waals surface area contributed by atoms with Gasteiger partial charge >= 0.3 is 0 Å². The highest BCUT2D eigenvalue weighted by Crippen LogP contribution is 2.21. The number of nitrogens with one attached hydrogen (secondary N) is 1. The van der Waals surface area contributed by atoms with Crippen molar-refractivity contribution in [2.24, 2.45) is 0 Å². The van der Waals surface area contributed by atoms with Gasteiger partial charge in [-0.1, -0.05) is 13.8 Å². The molecule has 98 valence electrons. The molecule has 1 aromatic rings. The van der Waals surface area contributed by atoms with E-state index in [4.69, 9.17) is 4.74 Å². The van der Waals surface area contributed by atoms with Crippen LogP contribution in [0.5, 0.6) is 0 Å². The Labute approximate surface area is 104 Å². The Balaban J connectivity index is 2.90. The topological polar surface area (TPSA) is 39.1 Å². The molecule has 2 unspecified atom stereocenters. The van der Waals surface area contributed by atoms with Crippen LogP contribution in [0.25, 0.3) is 0 Å². The first kappa shape index (κ1) is 14.2. The fourth-order valence-corrected chi connectivity index (χ4v) is 2.18. The fraction of sp³-hybridized carbons (Fsp3) is 0.769. The summed E-state index contributed by atoms with van der Waals surface area (Å²) in [6.07, 6.45) is 3.07. The van der Waals surface area contributed by atoms with Gasteiger partial charge in [0.2, 0.25) is 0 Å². The zero-order valence-electron chi connectivity index (χ0n) is 11.4. The molecule has 0 aliphatic heterocycles. The third kappa shape index (κ3) is 3.54. The van der Waals surface area contributed by atoms with Crippen LogP contribution in [-0.2, 0) is 11.3 Å². The third-order valence-electron chi connectivity index (χ3n) is 2.95. The average Bonchev–Trinajstić information content (AvgIpc) is 2.81. The van der Waals surface area contributed by atoms with Crippen molar-refractivity contribution >= 4 is 0 Å². The predicted molar refractivity (Wildman–Crippen MR) is 70.0 cm³/mol. The first-order valence-electron chi connectivity index (χ1n) is 6.65. The molecule has 0 radical (unpaired) electrons. The van der Waals surface area contributed by atoms with Crippen molar-refractivity contribution in [3.8, 4) is 0 Å². The smallest absolute Gasteiger partial charge is 0.0782 e. The van der Waals surface area contributed by atoms with Gasteiger partial charge in [-0.2, -0.15) is 5.10 Å². The van der Waals surface area contributed by atoms with E-state index in [1.165, 1.54) is 5.69 Å². The van der Waals surface area contributed by atoms with Crippen LogP contribution in [0.1, 0.15) is 45.9 Å². The van der Waals surface area contributed by atoms with Crippen molar-refractivity contribution in [2.75, 3.05) is 13.2 Å². The Hall–Kier alpha value is -0.870. The molecular formula is C13H25N3O. The van der Waals surface area contributed by atoms with Crippen LogP contribution >= 0.6 is 0 Å². The predicted octanol–water partition coefficient (Wildman–Crippen LogP) is 2.37. The Kier molecular flexibility index (Phi) is 6.22. The summed E-state index contributed by atoms with van der Waals surface area (Å²) in [6, 6.07) is 2.31. The summed E-state index contributed by atoms with van der Waals surface area (Å²) in [5, 5.41) is 7.85. The number of likely N-dealkylation sites (N-methyl/N-ethyl adjacent to an activating group) is 1. The molecule has 0 spiro atoms. The first-order chi connectivity index (χ1) is 8.28. The van der Waals surface area contributed by atoms with Crippen molar-refractivity contribution < 1.29 is 4.74 Å². The van der Waals surface area contributed by atoms with Gasteiger partial charge in [0.15, 0.2) is 0 Å². The Bertz CT molecular complexity index is 311. The third-order valence-corrected chi connectivity index (χ3v) is 2.95. The molecule has 4 nitrogen and oxygen atoms in total. The van der Waals surface area contributed by atoms with E-state index in [-0.39, 0.29) is 12.1 Å². The number of ether oxygens (including phenoxy) is 1. The molecule has 0 aliphatic carbocycles. The molecule has 0 aromatic carbocycles. The van der Waals surface area contributed by atoms with Crippen LogP contribution in [0.15, 0.2) is 12.3 Å². The van der Waals surface area contributed by atoms with Crippen LogP contribution in [0.3, 0.4) is 0 Å². The van der Waals surface area contributed by atoms with Crippen LogP contribution in [0.4, 0.5) is 0 Å². The highest BCUT2D eigenvalue weighted by Gasteiger charge is 2.24. The molecule has 0 bridgehead atoms. The molecule has 0 aliphatic rings. The minimum absolute atomic E-state index is 0.210. The number of aromatic nitrogens is 2. The van der Waals surface area contributed by atoms with Gasteiger partial charge in [0.25, 0.3) is 0 Å².